The van der Waals surface area contributed by atoms with E-state index in [1.807, 2.05) is 6.92 Å². The minimum Gasteiger partial charge on any atom is -0.493 e. The van der Waals surface area contributed by atoms with E-state index in [9.17, 15) is 10.1 Å². The second-order valence-corrected chi connectivity index (χ2v) is 4.34. The molecule has 1 aromatic carbocycles. The van der Waals surface area contributed by atoms with Gasteiger partial charge in [-0.25, -0.2) is 4.98 Å². The van der Waals surface area contributed by atoms with E-state index in [2.05, 4.69) is 4.98 Å². The Labute approximate surface area is 109 Å². The van der Waals surface area contributed by atoms with Gasteiger partial charge >= 0.3 is 0 Å². The van der Waals surface area contributed by atoms with E-state index < -0.39 is 4.92 Å². The Balaban J connectivity index is 2.41. The molecule has 1 aromatic heterocycles. The lowest BCUT2D eigenvalue weighted by Gasteiger charge is -2.12. The number of benzene rings is 1. The molecule has 0 saturated heterocycles. The molecule has 1 N–H and O–H groups in total. The van der Waals surface area contributed by atoms with Crippen molar-refractivity contribution in [1.29, 1.82) is 0 Å². The molecule has 0 aliphatic heterocycles. The third-order valence-corrected chi connectivity index (χ3v) is 2.74. The third kappa shape index (κ3) is 2.79. The van der Waals surface area contributed by atoms with Crippen molar-refractivity contribution in [2.75, 3.05) is 13.2 Å². The maximum absolute atomic E-state index is 10.9. The molecule has 0 aliphatic rings. The number of hydrogen-bond acceptors (Lipinski definition) is 5. The molecule has 2 aromatic rings. The number of fused-ring (bicyclic) bond motifs is 1. The fraction of sp³-hybridized carbons (Fsp3) is 0.308. The lowest BCUT2D eigenvalue weighted by molar-refractivity contribution is -0.383. The van der Waals surface area contributed by atoms with Crippen molar-refractivity contribution in [1.82, 2.24) is 4.98 Å². The predicted molar refractivity (Wildman–Crippen MR) is 70.1 cm³/mol. The summed E-state index contributed by atoms with van der Waals surface area (Å²) in [7, 11) is 0. The van der Waals surface area contributed by atoms with E-state index in [-0.39, 0.29) is 18.2 Å². The molecular formula is C13H14N2O4. The first-order valence-electron chi connectivity index (χ1n) is 5.89. The van der Waals surface area contributed by atoms with Crippen LogP contribution in [-0.4, -0.2) is 28.2 Å². The Morgan fingerprint density at radius 2 is 2.26 bits per heavy atom. The lowest BCUT2D eigenvalue weighted by atomic mass is 10.1. The first-order chi connectivity index (χ1) is 9.13. The van der Waals surface area contributed by atoms with Gasteiger partial charge < -0.3 is 9.84 Å². The zero-order chi connectivity index (χ0) is 13.8. The van der Waals surface area contributed by atoms with Gasteiger partial charge in [0.05, 0.1) is 11.5 Å². The van der Waals surface area contributed by atoms with Crippen molar-refractivity contribution in [2.24, 2.45) is 5.92 Å². The van der Waals surface area contributed by atoms with Crippen LogP contribution in [0.25, 0.3) is 10.9 Å². The zero-order valence-electron chi connectivity index (χ0n) is 10.4. The minimum absolute atomic E-state index is 0.00177. The van der Waals surface area contributed by atoms with Gasteiger partial charge in [0.15, 0.2) is 5.52 Å². The summed E-state index contributed by atoms with van der Waals surface area (Å²) in [5.74, 6) is 0.538. The van der Waals surface area contributed by atoms with Gasteiger partial charge in [0.25, 0.3) is 5.69 Å². The molecule has 6 heteroatoms. The monoisotopic (exact) mass is 262 g/mol. The molecule has 100 valence electrons. The number of aromatic nitrogens is 1. The van der Waals surface area contributed by atoms with E-state index in [0.717, 1.165) is 0 Å². The highest BCUT2D eigenvalue weighted by Crippen LogP contribution is 2.31. The van der Waals surface area contributed by atoms with Crippen molar-refractivity contribution in [3.8, 4) is 5.75 Å². The van der Waals surface area contributed by atoms with Crippen molar-refractivity contribution in [3.05, 3.63) is 40.6 Å². The Bertz CT molecular complexity index is 600. The summed E-state index contributed by atoms with van der Waals surface area (Å²) in [6, 6.07) is 6.38. The number of aliphatic hydroxyl groups excluding tert-OH is 1. The maximum atomic E-state index is 10.9. The Kier molecular flexibility index (Phi) is 3.91. The predicted octanol–water partition coefficient (Wildman–Crippen LogP) is 2.15. The number of pyridine rings is 1. The molecule has 0 spiro atoms. The first-order valence-corrected chi connectivity index (χ1v) is 5.89. The van der Waals surface area contributed by atoms with Crippen molar-refractivity contribution in [2.45, 2.75) is 6.92 Å². The normalized spacial score (nSPS) is 12.3. The molecule has 2 rings (SSSR count). The molecular weight excluding hydrogens is 248 g/mol. The van der Waals surface area contributed by atoms with Gasteiger partial charge in [-0.1, -0.05) is 6.92 Å². The Hall–Kier alpha value is -2.21. The van der Waals surface area contributed by atoms with Gasteiger partial charge in [-0.05, 0) is 18.2 Å². The number of nitrogens with zero attached hydrogens (tertiary/aromatic N) is 2. The van der Waals surface area contributed by atoms with Crippen LogP contribution in [0.15, 0.2) is 30.5 Å². The van der Waals surface area contributed by atoms with Crippen LogP contribution in [0, 0.1) is 16.0 Å². The van der Waals surface area contributed by atoms with E-state index >= 15 is 0 Å². The second-order valence-electron chi connectivity index (χ2n) is 4.34. The smallest absolute Gasteiger partial charge is 0.295 e. The molecule has 0 saturated carbocycles. The number of rotatable bonds is 5. The van der Waals surface area contributed by atoms with Crippen LogP contribution in [-0.2, 0) is 0 Å². The number of nitro groups is 1. The number of hydrogen-bond donors (Lipinski definition) is 1. The molecule has 0 radical (unpaired) electrons. The fourth-order valence-electron chi connectivity index (χ4n) is 1.69. The van der Waals surface area contributed by atoms with Crippen LogP contribution in [0.4, 0.5) is 5.69 Å². The molecule has 0 amide bonds. The van der Waals surface area contributed by atoms with Crippen molar-refractivity contribution < 1.29 is 14.8 Å². The number of ether oxygens (including phenoxy) is 1. The average molecular weight is 262 g/mol. The molecule has 6 nitrogen and oxygen atoms in total. The van der Waals surface area contributed by atoms with Crippen LogP contribution in [0.5, 0.6) is 5.75 Å². The average Bonchev–Trinajstić information content (AvgIpc) is 2.43. The van der Waals surface area contributed by atoms with Crippen LogP contribution in [0.3, 0.4) is 0 Å². The number of aliphatic hydroxyl groups is 1. The van der Waals surface area contributed by atoms with Crippen LogP contribution in [0.2, 0.25) is 0 Å². The Morgan fingerprint density at radius 1 is 1.47 bits per heavy atom. The summed E-state index contributed by atoms with van der Waals surface area (Å²) >= 11 is 0. The van der Waals surface area contributed by atoms with Crippen molar-refractivity contribution in [3.63, 3.8) is 0 Å². The first kappa shape index (κ1) is 13.2. The fourth-order valence-corrected chi connectivity index (χ4v) is 1.69. The molecule has 0 bridgehead atoms. The third-order valence-electron chi connectivity index (χ3n) is 2.74. The maximum Gasteiger partial charge on any atom is 0.295 e. The Morgan fingerprint density at radius 3 is 2.95 bits per heavy atom. The van der Waals surface area contributed by atoms with Gasteiger partial charge in [0.1, 0.15) is 5.75 Å². The highest BCUT2D eigenvalue weighted by Gasteiger charge is 2.16. The van der Waals surface area contributed by atoms with Gasteiger partial charge in [-0.3, -0.25) is 10.1 Å². The van der Waals surface area contributed by atoms with E-state index in [1.54, 1.807) is 18.2 Å². The number of nitro benzene ring substituents is 1. The van der Waals surface area contributed by atoms with Gasteiger partial charge in [0.2, 0.25) is 0 Å². The minimum atomic E-state index is -0.463. The number of non-ortho nitro benzene ring substituents is 1. The van der Waals surface area contributed by atoms with E-state index in [4.69, 9.17) is 9.84 Å². The van der Waals surface area contributed by atoms with Gasteiger partial charge in [-0.2, -0.15) is 0 Å². The van der Waals surface area contributed by atoms with Crippen molar-refractivity contribution >= 4 is 16.6 Å². The summed E-state index contributed by atoms with van der Waals surface area (Å²) in [5.41, 5.74) is 0.264. The van der Waals surface area contributed by atoms with Crippen LogP contribution >= 0.6 is 0 Å². The summed E-state index contributed by atoms with van der Waals surface area (Å²) in [4.78, 5) is 14.5. The SMILES string of the molecule is CC(CO)COc1ccc([N+](=O)[O-])c2ncccc12. The molecule has 1 atom stereocenters. The molecule has 1 heterocycles. The van der Waals surface area contributed by atoms with Gasteiger partial charge in [0, 0.05) is 30.2 Å². The molecule has 19 heavy (non-hydrogen) atoms. The molecule has 0 fully saturated rings. The highest BCUT2D eigenvalue weighted by atomic mass is 16.6. The van der Waals surface area contributed by atoms with Crippen LogP contribution < -0.4 is 4.74 Å². The zero-order valence-corrected chi connectivity index (χ0v) is 10.4. The molecule has 0 aliphatic carbocycles. The van der Waals surface area contributed by atoms with E-state index in [0.29, 0.717) is 23.3 Å². The largest absolute Gasteiger partial charge is 0.493 e. The van der Waals surface area contributed by atoms with Crippen LogP contribution in [0.1, 0.15) is 6.92 Å². The lowest BCUT2D eigenvalue weighted by Crippen LogP contribution is -2.12. The highest BCUT2D eigenvalue weighted by molar-refractivity contribution is 5.91. The standard InChI is InChI=1S/C13H14N2O4/c1-9(7-16)8-19-12-5-4-11(15(17)18)13-10(12)3-2-6-14-13/h2-6,9,16H,7-8H2,1H3. The van der Waals surface area contributed by atoms with E-state index in [1.165, 1.54) is 12.3 Å². The second kappa shape index (κ2) is 5.62. The quantitative estimate of drug-likeness (QED) is 0.659. The summed E-state index contributed by atoms with van der Waals surface area (Å²) < 4.78 is 5.58. The van der Waals surface area contributed by atoms with Gasteiger partial charge in [-0.15, -0.1) is 0 Å². The summed E-state index contributed by atoms with van der Waals surface area (Å²) in [6.45, 7) is 2.23. The summed E-state index contributed by atoms with van der Waals surface area (Å²) in [6.07, 6.45) is 1.51. The molecule has 1 unspecified atom stereocenters. The summed E-state index contributed by atoms with van der Waals surface area (Å²) in [5, 5.41) is 20.5. The topological polar surface area (TPSA) is 85.5 Å².